The summed E-state index contributed by atoms with van der Waals surface area (Å²) in [6.07, 6.45) is 2.17. The van der Waals surface area contributed by atoms with Gasteiger partial charge in [-0.05, 0) is 85.6 Å². The van der Waals surface area contributed by atoms with Gasteiger partial charge in [0.25, 0.3) is 0 Å². The van der Waals surface area contributed by atoms with E-state index < -0.39 is 16.6 Å². The highest BCUT2D eigenvalue weighted by atomic mass is 28.4. The van der Waals surface area contributed by atoms with Crippen molar-refractivity contribution < 1.29 is 18.2 Å². The summed E-state index contributed by atoms with van der Waals surface area (Å²) in [5.74, 6) is 2.19. The molecule has 0 spiro atoms. The van der Waals surface area contributed by atoms with Crippen molar-refractivity contribution in [3.8, 4) is 0 Å². The van der Waals surface area contributed by atoms with Crippen LogP contribution in [0.4, 0.5) is 0 Å². The van der Waals surface area contributed by atoms with Gasteiger partial charge in [-0.25, -0.2) is 0 Å². The van der Waals surface area contributed by atoms with Crippen LogP contribution in [0.3, 0.4) is 0 Å². The van der Waals surface area contributed by atoms with Crippen molar-refractivity contribution in [2.75, 3.05) is 6.61 Å². The van der Waals surface area contributed by atoms with Crippen LogP contribution < -0.4 is 0 Å². The van der Waals surface area contributed by atoms with Gasteiger partial charge >= 0.3 is 7.12 Å². The summed E-state index contributed by atoms with van der Waals surface area (Å²) in [6, 6.07) is 0. The number of hydrogen-bond donors (Lipinski definition) is 0. The molecule has 1 fully saturated rings. The van der Waals surface area contributed by atoms with Gasteiger partial charge in [0.2, 0.25) is 8.32 Å². The fourth-order valence-electron chi connectivity index (χ4n) is 3.18. The number of allylic oxidation sites excluding steroid dienone is 1. The zero-order valence-corrected chi connectivity index (χ0v) is 23.5. The topological polar surface area (TPSA) is 36.9 Å². The molecule has 1 aliphatic rings. The lowest BCUT2D eigenvalue weighted by atomic mass is 9.89. The molecule has 0 amide bonds. The second-order valence-corrected chi connectivity index (χ2v) is 20.4. The summed E-state index contributed by atoms with van der Waals surface area (Å²) in [5, 5.41) is 1.59. The lowest BCUT2D eigenvalue weighted by Crippen LogP contribution is -2.41. The molecule has 0 aromatic rings. The third-order valence-electron chi connectivity index (χ3n) is 6.77. The first-order valence-corrected chi connectivity index (χ1v) is 17.0. The normalized spacial score (nSPS) is 20.6. The maximum Gasteiger partial charge on any atom is 0.486 e. The fraction of sp³-hybridized carbons (Fsp3) is 0.909. The molecule has 0 bridgehead atoms. The van der Waals surface area contributed by atoms with Gasteiger partial charge in [-0.15, -0.1) is 0 Å². The first-order valence-electron chi connectivity index (χ1n) is 11.2. The smallest absolute Gasteiger partial charge is 0.417 e. The Morgan fingerprint density at radius 3 is 1.90 bits per heavy atom. The highest BCUT2D eigenvalue weighted by Gasteiger charge is 2.50. The summed E-state index contributed by atoms with van der Waals surface area (Å²) in [4.78, 5) is 0. The van der Waals surface area contributed by atoms with Gasteiger partial charge in [-0.2, -0.15) is 0 Å². The molecule has 7 heteroatoms. The van der Waals surface area contributed by atoms with Crippen molar-refractivity contribution in [3.63, 3.8) is 0 Å². The monoisotopic (exact) mass is 442 g/mol. The van der Waals surface area contributed by atoms with E-state index in [1.807, 2.05) is 0 Å². The molecule has 0 radical (unpaired) electrons. The molecule has 0 atom stereocenters. The maximum absolute atomic E-state index is 6.40. The molecular formula is C22H47BO4Si2. The van der Waals surface area contributed by atoms with E-state index in [1.54, 1.807) is 0 Å². The summed E-state index contributed by atoms with van der Waals surface area (Å²) in [5.41, 5.74) is -0.648. The molecule has 0 unspecified atom stereocenters. The first-order chi connectivity index (χ1) is 12.8. The molecule has 0 aromatic heterocycles. The molecule has 29 heavy (non-hydrogen) atoms. The van der Waals surface area contributed by atoms with E-state index in [4.69, 9.17) is 18.2 Å². The van der Waals surface area contributed by atoms with Crippen molar-refractivity contribution in [3.05, 3.63) is 11.2 Å². The lowest BCUT2D eigenvalue weighted by Gasteiger charge is -2.36. The van der Waals surface area contributed by atoms with Crippen molar-refractivity contribution in [2.45, 2.75) is 124 Å². The van der Waals surface area contributed by atoms with E-state index in [0.29, 0.717) is 0 Å². The van der Waals surface area contributed by atoms with Gasteiger partial charge in [-0.1, -0.05) is 31.9 Å². The second-order valence-electron chi connectivity index (χ2n) is 11.7. The van der Waals surface area contributed by atoms with Gasteiger partial charge in [-0.3, -0.25) is 0 Å². The van der Waals surface area contributed by atoms with E-state index >= 15 is 0 Å². The Hall–Kier alpha value is 0.0787. The molecule has 0 aromatic carbocycles. The van der Waals surface area contributed by atoms with Crippen LogP contribution in [0.2, 0.25) is 31.2 Å². The molecule has 0 N–H and O–H groups in total. The van der Waals surface area contributed by atoms with Crippen molar-refractivity contribution >= 4 is 23.8 Å². The quantitative estimate of drug-likeness (QED) is 0.301. The molecule has 1 rings (SSSR count). The van der Waals surface area contributed by atoms with Crippen LogP contribution in [0, 0.1) is 0 Å². The van der Waals surface area contributed by atoms with E-state index in [0.717, 1.165) is 19.4 Å². The zero-order chi connectivity index (χ0) is 22.9. The van der Waals surface area contributed by atoms with E-state index in [-0.39, 0.29) is 29.5 Å². The first kappa shape index (κ1) is 27.1. The Morgan fingerprint density at radius 1 is 1.00 bits per heavy atom. The highest BCUT2D eigenvalue weighted by molar-refractivity contribution is 6.79. The Bertz CT molecular complexity index is 562. The molecule has 1 heterocycles. The van der Waals surface area contributed by atoms with Crippen LogP contribution in [0.15, 0.2) is 11.2 Å². The van der Waals surface area contributed by atoms with Gasteiger partial charge < -0.3 is 18.2 Å². The average Bonchev–Trinajstić information content (AvgIpc) is 2.66. The Morgan fingerprint density at radius 2 is 1.48 bits per heavy atom. The summed E-state index contributed by atoms with van der Waals surface area (Å²) in [6.45, 7) is 29.5. The van der Waals surface area contributed by atoms with Gasteiger partial charge in [0.05, 0.1) is 11.2 Å². The van der Waals surface area contributed by atoms with E-state index in [1.165, 1.54) is 5.20 Å². The van der Waals surface area contributed by atoms with Crippen molar-refractivity contribution in [1.29, 1.82) is 0 Å². The third kappa shape index (κ3) is 7.32. The van der Waals surface area contributed by atoms with Crippen LogP contribution in [0.25, 0.3) is 0 Å². The molecule has 0 aliphatic carbocycles. The van der Waals surface area contributed by atoms with Crippen LogP contribution in [-0.2, 0) is 18.2 Å². The molecule has 1 aliphatic heterocycles. The van der Waals surface area contributed by atoms with Gasteiger partial charge in [0, 0.05) is 12.7 Å². The fourth-order valence-corrected chi connectivity index (χ4v) is 6.91. The highest BCUT2D eigenvalue weighted by Crippen LogP contribution is 2.39. The van der Waals surface area contributed by atoms with E-state index in [9.17, 15) is 0 Å². The predicted octanol–water partition coefficient (Wildman–Crippen LogP) is 6.52. The molecule has 0 saturated carbocycles. The number of rotatable bonds is 9. The predicted molar refractivity (Wildman–Crippen MR) is 130 cm³/mol. The lowest BCUT2D eigenvalue weighted by molar-refractivity contribution is 0.00578. The zero-order valence-electron chi connectivity index (χ0n) is 21.5. The molecule has 1 saturated heterocycles. The van der Waals surface area contributed by atoms with Crippen LogP contribution in [0.1, 0.15) is 75.2 Å². The standard InChI is InChI=1S/C22H47BO4Si2/c1-18(2)25-28(10,11)19(15-14-16-24-29(12,13)20(3,4)5)17-23-26-21(6,7)22(8,9)27-23/h17-18H,14-16H2,1-13H3/b19-17-. The largest absolute Gasteiger partial charge is 0.486 e. The van der Waals surface area contributed by atoms with E-state index in [2.05, 4.69) is 94.5 Å². The number of hydrogen-bond acceptors (Lipinski definition) is 4. The SMILES string of the molecule is CC(C)O[Si](C)(C)/C(=C\B1OC(C)(C)C(C)(C)O1)CCCO[Si](C)(C)C(C)(C)C. The van der Waals surface area contributed by atoms with Crippen molar-refractivity contribution in [2.24, 2.45) is 0 Å². The Balaban J connectivity index is 2.91. The van der Waals surface area contributed by atoms with Crippen LogP contribution in [-0.4, -0.2) is 47.7 Å². The van der Waals surface area contributed by atoms with Crippen molar-refractivity contribution in [1.82, 2.24) is 0 Å². The minimum atomic E-state index is -2.03. The Kier molecular flexibility index (Phi) is 8.68. The summed E-state index contributed by atoms with van der Waals surface area (Å²) >= 11 is 0. The average molecular weight is 443 g/mol. The molecule has 170 valence electrons. The van der Waals surface area contributed by atoms with Gasteiger partial charge in [0.15, 0.2) is 8.32 Å². The van der Waals surface area contributed by atoms with Gasteiger partial charge in [0.1, 0.15) is 0 Å². The molecular weight excluding hydrogens is 395 g/mol. The maximum atomic E-state index is 6.40. The van der Waals surface area contributed by atoms with Crippen LogP contribution in [0.5, 0.6) is 0 Å². The molecule has 4 nitrogen and oxygen atoms in total. The Labute approximate surface area is 183 Å². The second kappa shape index (κ2) is 9.29. The van der Waals surface area contributed by atoms with Crippen LogP contribution >= 0.6 is 0 Å². The minimum Gasteiger partial charge on any atom is -0.417 e. The third-order valence-corrected chi connectivity index (χ3v) is 14.3. The summed E-state index contributed by atoms with van der Waals surface area (Å²) in [7, 11) is -4.06. The minimum absolute atomic E-state index is 0.210. The summed E-state index contributed by atoms with van der Waals surface area (Å²) < 4.78 is 25.3.